The molecule has 0 aromatic heterocycles. The Labute approximate surface area is 124 Å². The summed E-state index contributed by atoms with van der Waals surface area (Å²) in [5.74, 6) is 0. The van der Waals surface area contributed by atoms with Gasteiger partial charge in [-0.3, -0.25) is 10.1 Å². The summed E-state index contributed by atoms with van der Waals surface area (Å²) in [7, 11) is 0. The molecule has 0 aliphatic heterocycles. The van der Waals surface area contributed by atoms with Gasteiger partial charge in [0.15, 0.2) is 0 Å². The number of anilines is 1. The minimum atomic E-state index is -0.393. The Morgan fingerprint density at radius 2 is 1.52 bits per heavy atom. The van der Waals surface area contributed by atoms with Crippen molar-refractivity contribution in [2.45, 2.75) is 13.3 Å². The third kappa shape index (κ3) is 4.45. The maximum Gasteiger partial charge on any atom is 0.269 e. The second kappa shape index (κ2) is 7.24. The highest BCUT2D eigenvalue weighted by Crippen LogP contribution is 2.15. The van der Waals surface area contributed by atoms with E-state index in [1.807, 2.05) is 36.4 Å². The van der Waals surface area contributed by atoms with E-state index in [1.54, 1.807) is 12.1 Å². The number of nitrogens with one attached hydrogen (secondary N) is 1. The van der Waals surface area contributed by atoms with Gasteiger partial charge in [-0.05, 0) is 41.8 Å². The molecule has 0 saturated carbocycles. The molecule has 0 amide bonds. The van der Waals surface area contributed by atoms with Gasteiger partial charge in [0, 0.05) is 24.4 Å². The normalized spacial score (nSPS) is 10.7. The van der Waals surface area contributed by atoms with Crippen LogP contribution in [-0.4, -0.2) is 11.5 Å². The van der Waals surface area contributed by atoms with E-state index in [1.165, 1.54) is 12.1 Å². The SMILES string of the molecule is CCCNc1ccc(/C=C/c2ccc([N+](=O)[O-])cc2)cc1. The van der Waals surface area contributed by atoms with Crippen molar-refractivity contribution in [1.82, 2.24) is 0 Å². The molecule has 108 valence electrons. The molecule has 0 unspecified atom stereocenters. The van der Waals surface area contributed by atoms with Crippen molar-refractivity contribution in [3.8, 4) is 0 Å². The van der Waals surface area contributed by atoms with E-state index >= 15 is 0 Å². The lowest BCUT2D eigenvalue weighted by Gasteiger charge is -2.04. The van der Waals surface area contributed by atoms with Crippen LogP contribution in [0.2, 0.25) is 0 Å². The molecule has 21 heavy (non-hydrogen) atoms. The number of hydrogen-bond donors (Lipinski definition) is 1. The summed E-state index contributed by atoms with van der Waals surface area (Å²) >= 11 is 0. The fraction of sp³-hybridized carbons (Fsp3) is 0.176. The van der Waals surface area contributed by atoms with Crippen molar-refractivity contribution in [2.75, 3.05) is 11.9 Å². The van der Waals surface area contributed by atoms with Gasteiger partial charge in [0.2, 0.25) is 0 Å². The van der Waals surface area contributed by atoms with E-state index in [4.69, 9.17) is 0 Å². The Kier molecular flexibility index (Phi) is 5.10. The third-order valence-corrected chi connectivity index (χ3v) is 3.06. The second-order valence-electron chi connectivity index (χ2n) is 4.73. The van der Waals surface area contributed by atoms with Gasteiger partial charge in [-0.1, -0.05) is 31.2 Å². The Bertz CT molecular complexity index is 616. The Morgan fingerprint density at radius 1 is 1.00 bits per heavy atom. The van der Waals surface area contributed by atoms with E-state index < -0.39 is 4.92 Å². The molecule has 0 fully saturated rings. The molecule has 0 bridgehead atoms. The Balaban J connectivity index is 2.01. The lowest BCUT2D eigenvalue weighted by molar-refractivity contribution is -0.384. The molecule has 2 aromatic rings. The van der Waals surface area contributed by atoms with Gasteiger partial charge >= 0.3 is 0 Å². The Morgan fingerprint density at radius 3 is 2.00 bits per heavy atom. The zero-order valence-electron chi connectivity index (χ0n) is 12.0. The van der Waals surface area contributed by atoms with Gasteiger partial charge in [0.25, 0.3) is 5.69 Å². The van der Waals surface area contributed by atoms with Gasteiger partial charge in [-0.25, -0.2) is 0 Å². The van der Waals surface area contributed by atoms with Crippen LogP contribution in [0.4, 0.5) is 11.4 Å². The predicted octanol–water partition coefficient (Wildman–Crippen LogP) is 4.59. The first kappa shape index (κ1) is 14.8. The van der Waals surface area contributed by atoms with Crippen LogP contribution in [0.15, 0.2) is 48.5 Å². The number of nitro groups is 1. The van der Waals surface area contributed by atoms with E-state index in [2.05, 4.69) is 12.2 Å². The fourth-order valence-electron chi connectivity index (χ4n) is 1.88. The molecule has 0 heterocycles. The molecule has 2 aromatic carbocycles. The first-order valence-corrected chi connectivity index (χ1v) is 6.95. The molecular formula is C17H18N2O2. The zero-order valence-corrected chi connectivity index (χ0v) is 12.0. The first-order valence-electron chi connectivity index (χ1n) is 6.95. The molecule has 0 saturated heterocycles. The van der Waals surface area contributed by atoms with E-state index in [0.717, 1.165) is 29.8 Å². The summed E-state index contributed by atoms with van der Waals surface area (Å²) in [6.45, 7) is 3.10. The fourth-order valence-corrected chi connectivity index (χ4v) is 1.88. The van der Waals surface area contributed by atoms with Crippen LogP contribution in [0, 0.1) is 10.1 Å². The maximum atomic E-state index is 10.6. The van der Waals surface area contributed by atoms with E-state index in [0.29, 0.717) is 0 Å². The Hall–Kier alpha value is -2.62. The average Bonchev–Trinajstić information content (AvgIpc) is 2.52. The number of nitrogens with zero attached hydrogens (tertiary/aromatic N) is 1. The summed E-state index contributed by atoms with van der Waals surface area (Å²) in [5.41, 5.74) is 3.26. The minimum Gasteiger partial charge on any atom is -0.385 e. The first-order chi connectivity index (χ1) is 10.2. The van der Waals surface area contributed by atoms with Crippen molar-refractivity contribution in [1.29, 1.82) is 0 Å². The quantitative estimate of drug-likeness (QED) is 0.479. The van der Waals surface area contributed by atoms with E-state index in [9.17, 15) is 10.1 Å². The molecule has 0 aliphatic rings. The summed E-state index contributed by atoms with van der Waals surface area (Å²) < 4.78 is 0. The molecule has 1 N–H and O–H groups in total. The van der Waals surface area contributed by atoms with Crippen molar-refractivity contribution in [3.63, 3.8) is 0 Å². The number of rotatable bonds is 6. The van der Waals surface area contributed by atoms with Crippen molar-refractivity contribution in [2.24, 2.45) is 0 Å². The van der Waals surface area contributed by atoms with Crippen molar-refractivity contribution < 1.29 is 4.92 Å². The largest absolute Gasteiger partial charge is 0.385 e. The van der Waals surface area contributed by atoms with Gasteiger partial charge in [0.05, 0.1) is 4.92 Å². The topological polar surface area (TPSA) is 55.2 Å². The zero-order chi connectivity index (χ0) is 15.1. The molecule has 4 nitrogen and oxygen atoms in total. The summed E-state index contributed by atoms with van der Waals surface area (Å²) in [4.78, 5) is 10.2. The molecule has 0 aliphatic carbocycles. The molecule has 0 radical (unpaired) electrons. The van der Waals surface area contributed by atoms with Gasteiger partial charge in [0.1, 0.15) is 0 Å². The molecule has 2 rings (SSSR count). The smallest absolute Gasteiger partial charge is 0.269 e. The highest BCUT2D eigenvalue weighted by Gasteiger charge is 2.02. The summed E-state index contributed by atoms with van der Waals surface area (Å²) in [6, 6.07) is 14.7. The number of hydrogen-bond acceptors (Lipinski definition) is 3. The van der Waals surface area contributed by atoms with Crippen LogP contribution in [0.5, 0.6) is 0 Å². The number of nitro benzene ring substituents is 1. The van der Waals surface area contributed by atoms with Crippen LogP contribution < -0.4 is 5.32 Å². The van der Waals surface area contributed by atoms with Crippen LogP contribution in [0.25, 0.3) is 12.2 Å². The minimum absolute atomic E-state index is 0.110. The molecule has 0 spiro atoms. The number of benzene rings is 2. The molecular weight excluding hydrogens is 264 g/mol. The standard InChI is InChI=1S/C17H18N2O2/c1-2-13-18-16-9-5-14(6-10-16)3-4-15-7-11-17(12-8-15)19(20)21/h3-12,18H,2,13H2,1H3/b4-3+. The van der Waals surface area contributed by atoms with Crippen LogP contribution in [0.3, 0.4) is 0 Å². The summed E-state index contributed by atoms with van der Waals surface area (Å²) in [6.07, 6.45) is 5.03. The lowest BCUT2D eigenvalue weighted by atomic mass is 10.1. The number of non-ortho nitro benzene ring substituents is 1. The van der Waals surface area contributed by atoms with Gasteiger partial charge < -0.3 is 5.32 Å². The molecule has 4 heteroatoms. The lowest BCUT2D eigenvalue weighted by Crippen LogP contribution is -1.98. The third-order valence-electron chi connectivity index (χ3n) is 3.06. The van der Waals surface area contributed by atoms with Crippen molar-refractivity contribution >= 4 is 23.5 Å². The predicted molar refractivity (Wildman–Crippen MR) is 87.2 cm³/mol. The van der Waals surface area contributed by atoms with Crippen molar-refractivity contribution in [3.05, 3.63) is 69.8 Å². The highest BCUT2D eigenvalue weighted by molar-refractivity contribution is 5.70. The van der Waals surface area contributed by atoms with Crippen LogP contribution >= 0.6 is 0 Å². The average molecular weight is 282 g/mol. The van der Waals surface area contributed by atoms with E-state index in [-0.39, 0.29) is 5.69 Å². The van der Waals surface area contributed by atoms with Gasteiger partial charge in [-0.2, -0.15) is 0 Å². The monoisotopic (exact) mass is 282 g/mol. The van der Waals surface area contributed by atoms with Gasteiger partial charge in [-0.15, -0.1) is 0 Å². The van der Waals surface area contributed by atoms with Crippen LogP contribution in [-0.2, 0) is 0 Å². The maximum absolute atomic E-state index is 10.6. The van der Waals surface area contributed by atoms with Crippen LogP contribution in [0.1, 0.15) is 24.5 Å². The second-order valence-corrected chi connectivity index (χ2v) is 4.73. The molecule has 0 atom stereocenters. The summed E-state index contributed by atoms with van der Waals surface area (Å²) in [5, 5.41) is 13.9. The highest BCUT2D eigenvalue weighted by atomic mass is 16.6.